The number of likely N-dealkylation sites (N-methyl/N-ethyl adjacent to an activating group) is 2. The second-order valence-electron chi connectivity index (χ2n) is 4.31. The molecule has 15 heavy (non-hydrogen) atoms. The molecule has 1 atom stereocenters. The number of imidazole rings is 1. The van der Waals surface area contributed by atoms with Gasteiger partial charge in [-0.25, -0.2) is 0 Å². The molecule has 1 saturated heterocycles. The molecule has 1 aliphatic heterocycles. The summed E-state index contributed by atoms with van der Waals surface area (Å²) in [6, 6.07) is 0.561. The zero-order chi connectivity index (χ0) is 10.8. The smallest absolute Gasteiger partial charge is 0.177 e. The quantitative estimate of drug-likeness (QED) is 0.756. The van der Waals surface area contributed by atoms with Gasteiger partial charge in [-0.15, -0.1) is 0 Å². The van der Waals surface area contributed by atoms with Gasteiger partial charge >= 0.3 is 0 Å². The average molecular weight is 226 g/mol. The Labute approximate surface area is 95.5 Å². The maximum atomic E-state index is 5.20. The van der Waals surface area contributed by atoms with Crippen molar-refractivity contribution in [3.63, 3.8) is 0 Å². The largest absolute Gasteiger partial charge is 0.337 e. The number of nitrogens with one attached hydrogen (secondary N) is 1. The number of aromatic amines is 1. The van der Waals surface area contributed by atoms with Crippen molar-refractivity contribution in [1.29, 1.82) is 0 Å². The Balaban J connectivity index is 2.04. The molecule has 2 heterocycles. The molecule has 1 aliphatic rings. The Morgan fingerprint density at radius 2 is 2.27 bits per heavy atom. The minimum absolute atomic E-state index is 0.561. The molecule has 0 spiro atoms. The third-order valence-electron chi connectivity index (χ3n) is 3.11. The molecule has 1 N–H and O–H groups in total. The van der Waals surface area contributed by atoms with E-state index in [2.05, 4.69) is 33.4 Å². The number of hydrogen-bond acceptors (Lipinski definition) is 3. The lowest BCUT2D eigenvalue weighted by atomic mass is 10.2. The van der Waals surface area contributed by atoms with Crippen LogP contribution >= 0.6 is 12.2 Å². The van der Waals surface area contributed by atoms with E-state index in [0.29, 0.717) is 6.04 Å². The average Bonchev–Trinajstić information content (AvgIpc) is 2.58. The van der Waals surface area contributed by atoms with E-state index in [4.69, 9.17) is 12.2 Å². The molecule has 1 unspecified atom stereocenters. The summed E-state index contributed by atoms with van der Waals surface area (Å²) in [5.41, 5.74) is 0. The fraction of sp³-hybridized carbons (Fsp3) is 0.700. The Morgan fingerprint density at radius 3 is 2.93 bits per heavy atom. The maximum Gasteiger partial charge on any atom is 0.177 e. The standard InChI is InChI=1S/C10H18N4S/c1-12-5-6-13(2)9(7-12)8-14-4-3-11-10(14)15/h3-4,9H,5-8H2,1-2H3,(H,11,15). The highest BCUT2D eigenvalue weighted by atomic mass is 32.1. The molecular formula is C10H18N4S. The van der Waals surface area contributed by atoms with E-state index < -0.39 is 0 Å². The molecule has 0 bridgehead atoms. The fourth-order valence-corrected chi connectivity index (χ4v) is 2.22. The van der Waals surface area contributed by atoms with E-state index >= 15 is 0 Å². The van der Waals surface area contributed by atoms with Crippen LogP contribution in [0.15, 0.2) is 12.4 Å². The Morgan fingerprint density at radius 1 is 1.47 bits per heavy atom. The maximum absolute atomic E-state index is 5.20. The highest BCUT2D eigenvalue weighted by molar-refractivity contribution is 7.71. The fourth-order valence-electron chi connectivity index (χ4n) is 2.02. The summed E-state index contributed by atoms with van der Waals surface area (Å²) in [7, 11) is 4.37. The minimum Gasteiger partial charge on any atom is -0.337 e. The highest BCUT2D eigenvalue weighted by Gasteiger charge is 2.22. The number of piperazine rings is 1. The Hall–Kier alpha value is -0.650. The first kappa shape index (κ1) is 10.9. The monoisotopic (exact) mass is 226 g/mol. The van der Waals surface area contributed by atoms with Gasteiger partial charge in [0, 0.05) is 44.6 Å². The third-order valence-corrected chi connectivity index (χ3v) is 3.46. The molecule has 0 radical (unpaired) electrons. The van der Waals surface area contributed by atoms with Crippen LogP contribution in [0, 0.1) is 4.77 Å². The van der Waals surface area contributed by atoms with Crippen molar-refractivity contribution in [2.75, 3.05) is 33.7 Å². The number of hydrogen-bond donors (Lipinski definition) is 1. The normalized spacial score (nSPS) is 24.5. The van der Waals surface area contributed by atoms with E-state index in [0.717, 1.165) is 31.0 Å². The van der Waals surface area contributed by atoms with Gasteiger partial charge in [0.05, 0.1) is 0 Å². The third kappa shape index (κ3) is 2.48. The van der Waals surface area contributed by atoms with E-state index in [1.54, 1.807) is 0 Å². The van der Waals surface area contributed by atoms with Crippen LogP contribution in [0.1, 0.15) is 0 Å². The second-order valence-corrected chi connectivity index (χ2v) is 4.70. The lowest BCUT2D eigenvalue weighted by Gasteiger charge is -2.37. The number of aromatic nitrogens is 2. The first-order valence-electron chi connectivity index (χ1n) is 5.29. The molecule has 5 heteroatoms. The summed E-state index contributed by atoms with van der Waals surface area (Å²) >= 11 is 5.20. The molecule has 0 aromatic carbocycles. The molecule has 0 aliphatic carbocycles. The van der Waals surface area contributed by atoms with Gasteiger partial charge in [-0.2, -0.15) is 0 Å². The molecule has 1 aromatic rings. The zero-order valence-electron chi connectivity index (χ0n) is 9.31. The lowest BCUT2D eigenvalue weighted by molar-refractivity contribution is 0.103. The molecule has 1 fully saturated rings. The molecule has 4 nitrogen and oxygen atoms in total. The predicted octanol–water partition coefficient (Wildman–Crippen LogP) is 0.791. The summed E-state index contributed by atoms with van der Waals surface area (Å²) in [5, 5.41) is 0. The number of rotatable bonds is 2. The topological polar surface area (TPSA) is 27.2 Å². The number of nitrogens with zero attached hydrogens (tertiary/aromatic N) is 3. The highest BCUT2D eigenvalue weighted by Crippen LogP contribution is 2.08. The van der Waals surface area contributed by atoms with Gasteiger partial charge in [0.15, 0.2) is 4.77 Å². The van der Waals surface area contributed by atoms with Gasteiger partial charge < -0.3 is 14.5 Å². The molecule has 0 saturated carbocycles. The summed E-state index contributed by atoms with van der Waals surface area (Å²) in [4.78, 5) is 7.82. The van der Waals surface area contributed by atoms with Gasteiger partial charge in [-0.3, -0.25) is 4.90 Å². The predicted molar refractivity (Wildman–Crippen MR) is 63.5 cm³/mol. The first-order chi connectivity index (χ1) is 7.16. The van der Waals surface area contributed by atoms with Crippen molar-refractivity contribution in [3.05, 3.63) is 17.2 Å². The van der Waals surface area contributed by atoms with Crippen LogP contribution in [-0.2, 0) is 6.54 Å². The first-order valence-corrected chi connectivity index (χ1v) is 5.70. The van der Waals surface area contributed by atoms with E-state index in [1.807, 2.05) is 12.4 Å². The van der Waals surface area contributed by atoms with E-state index in [-0.39, 0.29) is 0 Å². The van der Waals surface area contributed by atoms with Gasteiger partial charge in [0.1, 0.15) is 0 Å². The van der Waals surface area contributed by atoms with Crippen LogP contribution in [0.3, 0.4) is 0 Å². The summed E-state index contributed by atoms with van der Waals surface area (Å²) in [6.45, 7) is 4.39. The van der Waals surface area contributed by atoms with Crippen molar-refractivity contribution in [1.82, 2.24) is 19.4 Å². The van der Waals surface area contributed by atoms with Crippen LogP contribution < -0.4 is 0 Å². The molecule has 0 amide bonds. The van der Waals surface area contributed by atoms with Crippen LogP contribution in [0.2, 0.25) is 0 Å². The molecule has 1 aromatic heterocycles. The van der Waals surface area contributed by atoms with E-state index in [9.17, 15) is 0 Å². The van der Waals surface area contributed by atoms with E-state index in [1.165, 1.54) is 0 Å². The van der Waals surface area contributed by atoms with Crippen molar-refractivity contribution in [3.8, 4) is 0 Å². The van der Waals surface area contributed by atoms with Crippen molar-refractivity contribution in [2.24, 2.45) is 0 Å². The van der Waals surface area contributed by atoms with Gasteiger partial charge in [0.25, 0.3) is 0 Å². The zero-order valence-corrected chi connectivity index (χ0v) is 10.1. The lowest BCUT2D eigenvalue weighted by Crippen LogP contribution is -2.51. The second kappa shape index (κ2) is 4.47. The molecular weight excluding hydrogens is 208 g/mol. The Kier molecular flexibility index (Phi) is 3.23. The van der Waals surface area contributed by atoms with Crippen molar-refractivity contribution in [2.45, 2.75) is 12.6 Å². The van der Waals surface area contributed by atoms with Crippen LogP contribution in [-0.4, -0.2) is 59.1 Å². The van der Waals surface area contributed by atoms with Gasteiger partial charge in [0.2, 0.25) is 0 Å². The SMILES string of the molecule is CN1CCN(C)C(Cn2cc[nH]c2=S)C1. The summed E-state index contributed by atoms with van der Waals surface area (Å²) in [5.74, 6) is 0. The summed E-state index contributed by atoms with van der Waals surface area (Å²) in [6.07, 6.45) is 3.92. The van der Waals surface area contributed by atoms with Crippen molar-refractivity contribution < 1.29 is 0 Å². The molecule has 84 valence electrons. The minimum atomic E-state index is 0.561. The van der Waals surface area contributed by atoms with Crippen LogP contribution in [0.4, 0.5) is 0 Å². The van der Waals surface area contributed by atoms with Gasteiger partial charge in [-0.1, -0.05) is 0 Å². The Bertz CT molecular complexity index is 369. The summed E-state index contributed by atoms with van der Waals surface area (Å²) < 4.78 is 2.92. The molecule has 2 rings (SSSR count). The van der Waals surface area contributed by atoms with Crippen LogP contribution in [0.25, 0.3) is 0 Å². The number of H-pyrrole nitrogens is 1. The van der Waals surface area contributed by atoms with Crippen LogP contribution in [0.5, 0.6) is 0 Å². The van der Waals surface area contributed by atoms with Crippen molar-refractivity contribution >= 4 is 12.2 Å². The van der Waals surface area contributed by atoms with Gasteiger partial charge in [-0.05, 0) is 26.3 Å².